The zero-order valence-corrected chi connectivity index (χ0v) is 13.5. The maximum absolute atomic E-state index is 6.03. The maximum atomic E-state index is 6.03. The standard InChI is InChI=1S/C17H19Cl2NO/c1-2-14(20)10-13-5-3-4-6-17(13)21-11-12-7-8-15(18)16(19)9-12/h3-9,14H,2,10-11,20H2,1H3. The molecule has 21 heavy (non-hydrogen) atoms. The smallest absolute Gasteiger partial charge is 0.123 e. The quantitative estimate of drug-likeness (QED) is 0.824. The first-order valence-electron chi connectivity index (χ1n) is 7.00. The van der Waals surface area contributed by atoms with Crippen LogP contribution in [0.15, 0.2) is 42.5 Å². The number of para-hydroxylation sites is 1. The van der Waals surface area contributed by atoms with Crippen LogP contribution in [-0.4, -0.2) is 6.04 Å². The first-order chi connectivity index (χ1) is 10.1. The van der Waals surface area contributed by atoms with Gasteiger partial charge < -0.3 is 10.5 Å². The highest BCUT2D eigenvalue weighted by Crippen LogP contribution is 2.25. The summed E-state index contributed by atoms with van der Waals surface area (Å²) < 4.78 is 5.91. The molecule has 0 spiro atoms. The fraction of sp³-hybridized carbons (Fsp3) is 0.294. The monoisotopic (exact) mass is 323 g/mol. The minimum atomic E-state index is 0.153. The summed E-state index contributed by atoms with van der Waals surface area (Å²) in [7, 11) is 0. The number of halogens is 2. The van der Waals surface area contributed by atoms with E-state index in [4.69, 9.17) is 33.7 Å². The Morgan fingerprint density at radius 3 is 2.57 bits per heavy atom. The lowest BCUT2D eigenvalue weighted by atomic mass is 10.0. The van der Waals surface area contributed by atoms with Gasteiger partial charge in [-0.25, -0.2) is 0 Å². The summed E-state index contributed by atoms with van der Waals surface area (Å²) in [6.07, 6.45) is 1.76. The maximum Gasteiger partial charge on any atom is 0.123 e. The molecule has 0 saturated heterocycles. The average molecular weight is 324 g/mol. The van der Waals surface area contributed by atoms with E-state index in [2.05, 4.69) is 13.0 Å². The van der Waals surface area contributed by atoms with Gasteiger partial charge in [0.25, 0.3) is 0 Å². The third kappa shape index (κ3) is 4.63. The summed E-state index contributed by atoms with van der Waals surface area (Å²) in [5, 5.41) is 1.09. The summed E-state index contributed by atoms with van der Waals surface area (Å²) in [6, 6.07) is 13.7. The minimum Gasteiger partial charge on any atom is -0.489 e. The van der Waals surface area contributed by atoms with Crippen LogP contribution in [0.4, 0.5) is 0 Å². The Labute approximate surface area is 135 Å². The predicted octanol–water partition coefficient (Wildman–Crippen LogP) is 4.85. The molecule has 0 bridgehead atoms. The second-order valence-electron chi connectivity index (χ2n) is 5.02. The van der Waals surface area contributed by atoms with Crippen LogP contribution in [0.1, 0.15) is 24.5 Å². The van der Waals surface area contributed by atoms with Crippen LogP contribution in [0.3, 0.4) is 0 Å². The Kier molecular flexibility index (Phi) is 5.92. The summed E-state index contributed by atoms with van der Waals surface area (Å²) in [6.45, 7) is 2.54. The van der Waals surface area contributed by atoms with Crippen LogP contribution in [0.25, 0.3) is 0 Å². The second kappa shape index (κ2) is 7.69. The molecule has 0 aliphatic rings. The van der Waals surface area contributed by atoms with E-state index >= 15 is 0 Å². The molecule has 2 N–H and O–H groups in total. The largest absolute Gasteiger partial charge is 0.489 e. The van der Waals surface area contributed by atoms with Gasteiger partial charge in [0.05, 0.1) is 10.0 Å². The van der Waals surface area contributed by atoms with E-state index < -0.39 is 0 Å². The molecular weight excluding hydrogens is 305 g/mol. The first-order valence-corrected chi connectivity index (χ1v) is 7.76. The number of ether oxygens (including phenoxy) is 1. The van der Waals surface area contributed by atoms with Gasteiger partial charge in [-0.2, -0.15) is 0 Å². The topological polar surface area (TPSA) is 35.2 Å². The van der Waals surface area contributed by atoms with Gasteiger partial charge in [0.1, 0.15) is 12.4 Å². The summed E-state index contributed by atoms with van der Waals surface area (Å²) in [5.74, 6) is 0.868. The van der Waals surface area contributed by atoms with Gasteiger partial charge in [-0.15, -0.1) is 0 Å². The Morgan fingerprint density at radius 1 is 1.10 bits per heavy atom. The molecule has 0 aromatic heterocycles. The van der Waals surface area contributed by atoms with Crippen molar-refractivity contribution in [2.24, 2.45) is 5.73 Å². The van der Waals surface area contributed by atoms with Crippen molar-refractivity contribution in [3.8, 4) is 5.75 Å². The van der Waals surface area contributed by atoms with Crippen molar-refractivity contribution in [1.29, 1.82) is 0 Å². The SMILES string of the molecule is CCC(N)Cc1ccccc1OCc1ccc(Cl)c(Cl)c1. The summed E-state index contributed by atoms with van der Waals surface area (Å²) in [4.78, 5) is 0. The molecule has 2 rings (SSSR count). The molecule has 0 amide bonds. The van der Waals surface area contributed by atoms with E-state index in [-0.39, 0.29) is 6.04 Å². The molecule has 0 fully saturated rings. The lowest BCUT2D eigenvalue weighted by Gasteiger charge is -2.14. The highest BCUT2D eigenvalue weighted by molar-refractivity contribution is 6.42. The third-order valence-corrected chi connectivity index (χ3v) is 4.10. The lowest BCUT2D eigenvalue weighted by Crippen LogP contribution is -2.21. The molecular formula is C17H19Cl2NO. The van der Waals surface area contributed by atoms with Crippen molar-refractivity contribution < 1.29 is 4.74 Å². The number of hydrogen-bond acceptors (Lipinski definition) is 2. The van der Waals surface area contributed by atoms with Crippen molar-refractivity contribution in [2.45, 2.75) is 32.4 Å². The van der Waals surface area contributed by atoms with Crippen LogP contribution in [0.5, 0.6) is 5.75 Å². The highest BCUT2D eigenvalue weighted by atomic mass is 35.5. The van der Waals surface area contributed by atoms with E-state index in [0.29, 0.717) is 16.7 Å². The van der Waals surface area contributed by atoms with E-state index in [9.17, 15) is 0 Å². The molecule has 0 aliphatic carbocycles. The molecule has 2 aromatic carbocycles. The Balaban J connectivity index is 2.07. The lowest BCUT2D eigenvalue weighted by molar-refractivity contribution is 0.302. The van der Waals surface area contributed by atoms with Crippen molar-refractivity contribution >= 4 is 23.2 Å². The number of nitrogens with two attached hydrogens (primary N) is 1. The highest BCUT2D eigenvalue weighted by Gasteiger charge is 2.08. The summed E-state index contributed by atoms with van der Waals surface area (Å²) in [5.41, 5.74) is 8.15. The molecule has 0 radical (unpaired) electrons. The van der Waals surface area contributed by atoms with Gasteiger partial charge in [-0.05, 0) is 42.2 Å². The van der Waals surface area contributed by atoms with Gasteiger partial charge in [0, 0.05) is 6.04 Å². The number of hydrogen-bond donors (Lipinski definition) is 1. The Bertz CT molecular complexity index is 601. The zero-order valence-electron chi connectivity index (χ0n) is 12.0. The van der Waals surface area contributed by atoms with E-state index in [1.807, 2.05) is 30.3 Å². The molecule has 4 heteroatoms. The molecule has 0 aliphatic heterocycles. The summed E-state index contributed by atoms with van der Waals surface area (Å²) >= 11 is 11.9. The number of benzene rings is 2. The van der Waals surface area contributed by atoms with Gasteiger partial charge in [0.15, 0.2) is 0 Å². The molecule has 112 valence electrons. The average Bonchev–Trinajstić information content (AvgIpc) is 2.49. The van der Waals surface area contributed by atoms with Crippen LogP contribution in [-0.2, 0) is 13.0 Å². The van der Waals surface area contributed by atoms with Crippen molar-refractivity contribution in [2.75, 3.05) is 0 Å². The molecule has 1 unspecified atom stereocenters. The van der Waals surface area contributed by atoms with Crippen molar-refractivity contribution in [1.82, 2.24) is 0 Å². The van der Waals surface area contributed by atoms with Crippen LogP contribution in [0, 0.1) is 0 Å². The minimum absolute atomic E-state index is 0.153. The zero-order chi connectivity index (χ0) is 15.2. The van der Waals surface area contributed by atoms with Crippen LogP contribution >= 0.6 is 23.2 Å². The van der Waals surface area contributed by atoms with Crippen LogP contribution < -0.4 is 10.5 Å². The van der Waals surface area contributed by atoms with E-state index in [0.717, 1.165) is 29.7 Å². The van der Waals surface area contributed by atoms with Gasteiger partial charge in [-0.3, -0.25) is 0 Å². The first kappa shape index (κ1) is 16.2. The van der Waals surface area contributed by atoms with Crippen molar-refractivity contribution in [3.63, 3.8) is 0 Å². The number of rotatable bonds is 6. The van der Waals surface area contributed by atoms with E-state index in [1.165, 1.54) is 0 Å². The van der Waals surface area contributed by atoms with Crippen molar-refractivity contribution in [3.05, 3.63) is 63.6 Å². The molecule has 1 atom stereocenters. The van der Waals surface area contributed by atoms with Gasteiger partial charge >= 0.3 is 0 Å². The third-order valence-electron chi connectivity index (χ3n) is 3.36. The molecule has 0 heterocycles. The molecule has 2 aromatic rings. The van der Waals surface area contributed by atoms with Gasteiger partial charge in [0.2, 0.25) is 0 Å². The van der Waals surface area contributed by atoms with Gasteiger partial charge in [-0.1, -0.05) is 54.4 Å². The molecule has 2 nitrogen and oxygen atoms in total. The van der Waals surface area contributed by atoms with Crippen LogP contribution in [0.2, 0.25) is 10.0 Å². The fourth-order valence-corrected chi connectivity index (χ4v) is 2.35. The van der Waals surface area contributed by atoms with E-state index in [1.54, 1.807) is 6.07 Å². The molecule has 0 saturated carbocycles. The Hall–Kier alpha value is -1.22. The fourth-order valence-electron chi connectivity index (χ4n) is 2.03. The Morgan fingerprint density at radius 2 is 1.86 bits per heavy atom. The second-order valence-corrected chi connectivity index (χ2v) is 5.83. The normalized spacial score (nSPS) is 12.2. The predicted molar refractivity (Wildman–Crippen MR) is 89.2 cm³/mol.